The molecule has 0 radical (unpaired) electrons. The molecule has 2 aromatic rings. The lowest BCUT2D eigenvalue weighted by Gasteiger charge is -2.28. The molecule has 1 fully saturated rings. The SMILES string of the molecule is OCC1COC(Cc2ncc[nH]2)(c2ccc(Cl)cc2Cl)O1. The smallest absolute Gasteiger partial charge is 0.204 e. The van der Waals surface area contributed by atoms with Gasteiger partial charge in [-0.1, -0.05) is 29.3 Å². The molecule has 1 aliphatic rings. The number of rotatable bonds is 4. The van der Waals surface area contributed by atoms with Gasteiger partial charge in [-0.3, -0.25) is 0 Å². The van der Waals surface area contributed by atoms with Gasteiger partial charge in [0.25, 0.3) is 0 Å². The van der Waals surface area contributed by atoms with Crippen LogP contribution in [-0.2, 0) is 21.7 Å². The predicted octanol–water partition coefficient (Wildman–Crippen LogP) is 2.52. The van der Waals surface area contributed by atoms with Gasteiger partial charge in [0.05, 0.1) is 24.7 Å². The van der Waals surface area contributed by atoms with Crippen LogP contribution >= 0.6 is 23.2 Å². The summed E-state index contributed by atoms with van der Waals surface area (Å²) in [6.07, 6.45) is 3.35. The zero-order chi connectivity index (χ0) is 14.9. The van der Waals surface area contributed by atoms with Crippen LogP contribution < -0.4 is 0 Å². The zero-order valence-electron chi connectivity index (χ0n) is 11.1. The first-order chi connectivity index (χ1) is 10.1. The Morgan fingerprint density at radius 3 is 2.90 bits per heavy atom. The van der Waals surface area contributed by atoms with Crippen molar-refractivity contribution in [2.75, 3.05) is 13.2 Å². The molecular weight excluding hydrogens is 315 g/mol. The average Bonchev–Trinajstić information content (AvgIpc) is 3.09. The zero-order valence-corrected chi connectivity index (χ0v) is 12.6. The van der Waals surface area contributed by atoms with Crippen LogP contribution in [0, 0.1) is 0 Å². The van der Waals surface area contributed by atoms with Gasteiger partial charge in [-0.05, 0) is 12.1 Å². The van der Waals surface area contributed by atoms with Crippen LogP contribution in [0.4, 0.5) is 0 Å². The molecule has 112 valence electrons. The van der Waals surface area contributed by atoms with Crippen LogP contribution in [0.2, 0.25) is 10.0 Å². The van der Waals surface area contributed by atoms with Crippen molar-refractivity contribution in [1.82, 2.24) is 9.97 Å². The first-order valence-corrected chi connectivity index (χ1v) is 7.25. The molecule has 2 unspecified atom stereocenters. The van der Waals surface area contributed by atoms with Crippen molar-refractivity contribution >= 4 is 23.2 Å². The number of aliphatic hydroxyl groups excluding tert-OH is 1. The third-order valence-corrected chi connectivity index (χ3v) is 3.91. The number of hydrogen-bond acceptors (Lipinski definition) is 4. The summed E-state index contributed by atoms with van der Waals surface area (Å²) in [6.45, 7) is 0.168. The van der Waals surface area contributed by atoms with Crippen molar-refractivity contribution in [3.05, 3.63) is 52.0 Å². The van der Waals surface area contributed by atoms with Crippen LogP contribution in [0.1, 0.15) is 11.4 Å². The number of aliphatic hydroxyl groups is 1. The maximum atomic E-state index is 9.30. The molecule has 1 aromatic carbocycles. The minimum Gasteiger partial charge on any atom is -0.394 e. The Morgan fingerprint density at radius 2 is 2.29 bits per heavy atom. The Bertz CT molecular complexity index is 621. The second kappa shape index (κ2) is 5.94. The molecule has 2 heterocycles. The third kappa shape index (κ3) is 2.93. The van der Waals surface area contributed by atoms with E-state index in [4.69, 9.17) is 32.7 Å². The minimum atomic E-state index is -1.08. The molecule has 1 aliphatic heterocycles. The Labute approximate surface area is 131 Å². The molecule has 0 spiro atoms. The van der Waals surface area contributed by atoms with Crippen LogP contribution in [0.5, 0.6) is 0 Å². The fraction of sp³-hybridized carbons (Fsp3) is 0.357. The summed E-state index contributed by atoms with van der Waals surface area (Å²) in [6, 6.07) is 5.14. The summed E-state index contributed by atoms with van der Waals surface area (Å²) in [5.41, 5.74) is 0.668. The standard InChI is InChI=1S/C14H14Cl2N2O3/c15-9-1-2-11(12(16)5-9)14(6-13-17-3-4-18-13)20-8-10(7-19)21-14/h1-5,10,19H,6-8H2,(H,17,18). The number of aromatic nitrogens is 2. The summed E-state index contributed by atoms with van der Waals surface area (Å²) in [5.74, 6) is -0.368. The third-order valence-electron chi connectivity index (χ3n) is 3.36. The molecule has 1 aromatic heterocycles. The largest absolute Gasteiger partial charge is 0.394 e. The highest BCUT2D eigenvalue weighted by atomic mass is 35.5. The fourth-order valence-electron chi connectivity index (χ4n) is 2.40. The van der Waals surface area contributed by atoms with Gasteiger partial charge in [-0.15, -0.1) is 0 Å². The summed E-state index contributed by atoms with van der Waals surface area (Å²) < 4.78 is 11.8. The monoisotopic (exact) mass is 328 g/mol. The molecule has 3 rings (SSSR count). The van der Waals surface area contributed by atoms with Gasteiger partial charge in [0.2, 0.25) is 5.79 Å². The van der Waals surface area contributed by atoms with Gasteiger partial charge in [0.15, 0.2) is 0 Å². The number of ether oxygens (including phenoxy) is 2. The second-order valence-electron chi connectivity index (χ2n) is 4.82. The summed E-state index contributed by atoms with van der Waals surface area (Å²) in [4.78, 5) is 7.22. The van der Waals surface area contributed by atoms with Crippen LogP contribution in [0.3, 0.4) is 0 Å². The van der Waals surface area contributed by atoms with E-state index in [2.05, 4.69) is 9.97 Å². The van der Waals surface area contributed by atoms with Gasteiger partial charge < -0.3 is 19.6 Å². The van der Waals surface area contributed by atoms with E-state index in [-0.39, 0.29) is 13.2 Å². The summed E-state index contributed by atoms with van der Waals surface area (Å²) >= 11 is 12.2. The van der Waals surface area contributed by atoms with Crippen molar-refractivity contribution in [1.29, 1.82) is 0 Å². The highest BCUT2D eigenvalue weighted by molar-refractivity contribution is 6.35. The fourth-order valence-corrected chi connectivity index (χ4v) is 2.95. The molecule has 0 saturated carbocycles. The number of nitrogens with one attached hydrogen (secondary N) is 1. The minimum absolute atomic E-state index is 0.120. The second-order valence-corrected chi connectivity index (χ2v) is 5.67. The Balaban J connectivity index is 1.99. The van der Waals surface area contributed by atoms with Crippen molar-refractivity contribution in [3.8, 4) is 0 Å². The summed E-state index contributed by atoms with van der Waals surface area (Å²) in [5, 5.41) is 10.3. The molecular formula is C14H14Cl2N2O3. The Hall–Kier alpha value is -1.11. The molecule has 7 heteroatoms. The van der Waals surface area contributed by atoms with Crippen molar-refractivity contribution in [2.24, 2.45) is 0 Å². The van der Waals surface area contributed by atoms with Gasteiger partial charge in [0.1, 0.15) is 11.9 Å². The Kier molecular flexibility index (Phi) is 4.19. The highest BCUT2D eigenvalue weighted by Crippen LogP contribution is 2.41. The van der Waals surface area contributed by atoms with E-state index in [1.807, 2.05) is 0 Å². The number of H-pyrrole nitrogens is 1. The van der Waals surface area contributed by atoms with Gasteiger partial charge >= 0.3 is 0 Å². The lowest BCUT2D eigenvalue weighted by Crippen LogP contribution is -2.32. The quantitative estimate of drug-likeness (QED) is 0.904. The van der Waals surface area contributed by atoms with Crippen LogP contribution in [0.25, 0.3) is 0 Å². The predicted molar refractivity (Wildman–Crippen MR) is 78.3 cm³/mol. The molecule has 2 atom stereocenters. The molecule has 1 saturated heterocycles. The summed E-state index contributed by atoms with van der Waals surface area (Å²) in [7, 11) is 0. The first kappa shape index (κ1) is 14.8. The van der Waals surface area contributed by atoms with Gasteiger partial charge in [-0.2, -0.15) is 0 Å². The van der Waals surface area contributed by atoms with E-state index < -0.39 is 11.9 Å². The van der Waals surface area contributed by atoms with E-state index in [0.29, 0.717) is 27.9 Å². The van der Waals surface area contributed by atoms with Crippen molar-refractivity contribution < 1.29 is 14.6 Å². The number of hydrogen-bond donors (Lipinski definition) is 2. The van der Waals surface area contributed by atoms with Gasteiger partial charge in [-0.25, -0.2) is 4.98 Å². The Morgan fingerprint density at radius 1 is 1.43 bits per heavy atom. The van der Waals surface area contributed by atoms with Crippen LogP contribution in [0.15, 0.2) is 30.6 Å². The van der Waals surface area contributed by atoms with E-state index in [0.717, 1.165) is 0 Å². The maximum absolute atomic E-state index is 9.30. The van der Waals surface area contributed by atoms with E-state index in [1.54, 1.807) is 30.6 Å². The molecule has 5 nitrogen and oxygen atoms in total. The molecule has 0 bridgehead atoms. The highest BCUT2D eigenvalue weighted by Gasteiger charge is 2.45. The number of halogens is 2. The molecule has 2 N–H and O–H groups in total. The molecule has 0 amide bonds. The first-order valence-electron chi connectivity index (χ1n) is 6.49. The number of nitrogens with zero attached hydrogens (tertiary/aromatic N) is 1. The lowest BCUT2D eigenvalue weighted by molar-refractivity contribution is -0.180. The maximum Gasteiger partial charge on any atom is 0.204 e. The molecule has 0 aliphatic carbocycles. The van der Waals surface area contributed by atoms with E-state index >= 15 is 0 Å². The number of imidazole rings is 1. The normalized spacial score (nSPS) is 25.4. The van der Waals surface area contributed by atoms with Crippen molar-refractivity contribution in [2.45, 2.75) is 18.3 Å². The van der Waals surface area contributed by atoms with E-state index in [1.165, 1.54) is 0 Å². The average molecular weight is 329 g/mol. The van der Waals surface area contributed by atoms with Crippen molar-refractivity contribution in [3.63, 3.8) is 0 Å². The lowest BCUT2D eigenvalue weighted by atomic mass is 10.0. The number of benzene rings is 1. The van der Waals surface area contributed by atoms with E-state index in [9.17, 15) is 5.11 Å². The topological polar surface area (TPSA) is 67.4 Å². The van der Waals surface area contributed by atoms with Crippen LogP contribution in [-0.4, -0.2) is 34.4 Å². The number of aromatic amines is 1. The van der Waals surface area contributed by atoms with Gasteiger partial charge in [0, 0.05) is 23.0 Å². The molecule has 21 heavy (non-hydrogen) atoms.